The molecule has 0 bridgehead atoms. The molecule has 2 aliphatic rings. The second-order valence-corrected chi connectivity index (χ2v) is 4.76. The van der Waals surface area contributed by atoms with Crippen molar-refractivity contribution in [1.82, 2.24) is 10.2 Å². The maximum atomic E-state index is 12.1. The summed E-state index contributed by atoms with van der Waals surface area (Å²) in [6.07, 6.45) is 1.46. The molecule has 1 unspecified atom stereocenters. The number of likely N-dealkylation sites (tertiary alicyclic amines) is 1. The third kappa shape index (κ3) is 2.49. The molecule has 2 rings (SSSR count). The van der Waals surface area contributed by atoms with Gasteiger partial charge in [-0.05, 0) is 25.3 Å². The average molecular weight is 238 g/mol. The van der Waals surface area contributed by atoms with Crippen LogP contribution in [-0.2, 0) is 9.59 Å². The number of carbonyl (C=O) groups is 2. The van der Waals surface area contributed by atoms with Gasteiger partial charge in [-0.2, -0.15) is 0 Å². The predicted octanol–water partition coefficient (Wildman–Crippen LogP) is 0.229. The minimum Gasteiger partial charge on any atom is -0.481 e. The second kappa shape index (κ2) is 4.87. The molecular formula is C12H18N2O3. The van der Waals surface area contributed by atoms with E-state index in [4.69, 9.17) is 5.11 Å². The van der Waals surface area contributed by atoms with Crippen molar-refractivity contribution in [1.29, 1.82) is 0 Å². The SMILES string of the molecule is CC(C(=O)N1CCCC(C(=O)O)C1)=C1CNC1. The molecule has 0 radical (unpaired) electrons. The normalized spacial score (nSPS) is 24.2. The highest BCUT2D eigenvalue weighted by molar-refractivity contribution is 5.94. The molecule has 94 valence electrons. The van der Waals surface area contributed by atoms with Crippen LogP contribution in [0.2, 0.25) is 0 Å². The Bertz CT molecular complexity index is 370. The molecule has 0 spiro atoms. The Kier molecular flexibility index (Phi) is 3.47. The standard InChI is InChI=1S/C12H18N2O3/c1-8(10-5-13-6-10)11(15)14-4-2-3-9(7-14)12(16)17/h9,13H,2-7H2,1H3,(H,16,17). The molecule has 2 heterocycles. The fourth-order valence-electron chi connectivity index (χ4n) is 2.27. The van der Waals surface area contributed by atoms with E-state index >= 15 is 0 Å². The highest BCUT2D eigenvalue weighted by atomic mass is 16.4. The van der Waals surface area contributed by atoms with E-state index in [1.807, 2.05) is 6.92 Å². The minimum absolute atomic E-state index is 0.00690. The number of aliphatic carboxylic acids is 1. The highest BCUT2D eigenvalue weighted by Gasteiger charge is 2.29. The van der Waals surface area contributed by atoms with Crippen LogP contribution in [0.1, 0.15) is 19.8 Å². The van der Waals surface area contributed by atoms with Crippen LogP contribution < -0.4 is 5.32 Å². The van der Waals surface area contributed by atoms with Gasteiger partial charge in [0.25, 0.3) is 0 Å². The van der Waals surface area contributed by atoms with Gasteiger partial charge in [0.1, 0.15) is 0 Å². The van der Waals surface area contributed by atoms with Gasteiger partial charge in [-0.3, -0.25) is 9.59 Å². The number of carboxylic acid groups (broad SMARTS) is 1. The maximum absolute atomic E-state index is 12.1. The highest BCUT2D eigenvalue weighted by Crippen LogP contribution is 2.20. The maximum Gasteiger partial charge on any atom is 0.308 e. The van der Waals surface area contributed by atoms with Crippen molar-refractivity contribution in [2.45, 2.75) is 19.8 Å². The van der Waals surface area contributed by atoms with Crippen LogP contribution in [0.15, 0.2) is 11.1 Å². The van der Waals surface area contributed by atoms with Gasteiger partial charge in [0, 0.05) is 31.8 Å². The van der Waals surface area contributed by atoms with Crippen LogP contribution in [0, 0.1) is 5.92 Å². The lowest BCUT2D eigenvalue weighted by molar-refractivity contribution is -0.145. The largest absolute Gasteiger partial charge is 0.481 e. The zero-order valence-electron chi connectivity index (χ0n) is 10.0. The Morgan fingerprint density at radius 1 is 1.41 bits per heavy atom. The fraction of sp³-hybridized carbons (Fsp3) is 0.667. The molecule has 5 nitrogen and oxygen atoms in total. The summed E-state index contributed by atoms with van der Waals surface area (Å²) in [5, 5.41) is 12.1. The van der Waals surface area contributed by atoms with E-state index in [-0.39, 0.29) is 5.91 Å². The quantitative estimate of drug-likeness (QED) is 0.676. The van der Waals surface area contributed by atoms with Gasteiger partial charge in [-0.1, -0.05) is 0 Å². The monoisotopic (exact) mass is 238 g/mol. The van der Waals surface area contributed by atoms with Gasteiger partial charge in [0.05, 0.1) is 5.92 Å². The minimum atomic E-state index is -0.793. The van der Waals surface area contributed by atoms with Crippen LogP contribution in [-0.4, -0.2) is 48.1 Å². The van der Waals surface area contributed by atoms with Crippen LogP contribution in [0.3, 0.4) is 0 Å². The van der Waals surface area contributed by atoms with Crippen LogP contribution in [0.4, 0.5) is 0 Å². The lowest BCUT2D eigenvalue weighted by Crippen LogP contribution is -2.44. The molecular weight excluding hydrogens is 220 g/mol. The molecule has 0 aromatic heterocycles. The summed E-state index contributed by atoms with van der Waals surface area (Å²) in [5.41, 5.74) is 1.93. The van der Waals surface area contributed by atoms with E-state index in [0.29, 0.717) is 19.5 Å². The fourth-order valence-corrected chi connectivity index (χ4v) is 2.27. The zero-order chi connectivity index (χ0) is 12.4. The Labute approximate surface area is 100 Å². The van der Waals surface area contributed by atoms with Crippen molar-refractivity contribution in [3.8, 4) is 0 Å². The Morgan fingerprint density at radius 3 is 2.65 bits per heavy atom. The topological polar surface area (TPSA) is 69.6 Å². The van der Waals surface area contributed by atoms with Crippen molar-refractivity contribution < 1.29 is 14.7 Å². The number of amides is 1. The third-order valence-corrected chi connectivity index (χ3v) is 3.59. The lowest BCUT2D eigenvalue weighted by atomic mass is 9.96. The Hall–Kier alpha value is -1.36. The summed E-state index contributed by atoms with van der Waals surface area (Å²) < 4.78 is 0. The first-order valence-electron chi connectivity index (χ1n) is 6.01. The molecule has 2 N–H and O–H groups in total. The molecule has 0 aliphatic carbocycles. The summed E-state index contributed by atoms with van der Waals surface area (Å²) in [4.78, 5) is 24.8. The van der Waals surface area contributed by atoms with E-state index in [0.717, 1.165) is 30.7 Å². The van der Waals surface area contributed by atoms with Crippen molar-refractivity contribution in [2.24, 2.45) is 5.92 Å². The van der Waals surface area contributed by atoms with Crippen molar-refractivity contribution >= 4 is 11.9 Å². The summed E-state index contributed by atoms with van der Waals surface area (Å²) >= 11 is 0. The molecule has 2 fully saturated rings. The average Bonchev–Trinajstić information content (AvgIpc) is 2.25. The molecule has 1 atom stereocenters. The Balaban J connectivity index is 2.02. The molecule has 0 saturated carbocycles. The predicted molar refractivity (Wildman–Crippen MR) is 62.5 cm³/mol. The first kappa shape index (κ1) is 12.1. The number of carbonyl (C=O) groups excluding carboxylic acids is 1. The van der Waals surface area contributed by atoms with Gasteiger partial charge in [0.15, 0.2) is 0 Å². The van der Waals surface area contributed by atoms with Gasteiger partial charge in [0.2, 0.25) is 5.91 Å². The Morgan fingerprint density at radius 2 is 2.12 bits per heavy atom. The van der Waals surface area contributed by atoms with Crippen LogP contribution >= 0.6 is 0 Å². The number of carboxylic acids is 1. The van der Waals surface area contributed by atoms with Crippen molar-refractivity contribution in [3.05, 3.63) is 11.1 Å². The van der Waals surface area contributed by atoms with Gasteiger partial charge >= 0.3 is 5.97 Å². The van der Waals surface area contributed by atoms with Gasteiger partial charge in [-0.25, -0.2) is 0 Å². The van der Waals surface area contributed by atoms with Crippen molar-refractivity contribution in [3.63, 3.8) is 0 Å². The number of rotatable bonds is 2. The van der Waals surface area contributed by atoms with Gasteiger partial charge in [-0.15, -0.1) is 0 Å². The van der Waals surface area contributed by atoms with E-state index < -0.39 is 11.9 Å². The second-order valence-electron chi connectivity index (χ2n) is 4.76. The number of piperidine rings is 1. The van der Waals surface area contributed by atoms with Crippen LogP contribution in [0.25, 0.3) is 0 Å². The number of hydrogen-bond acceptors (Lipinski definition) is 3. The summed E-state index contributed by atoms with van der Waals surface area (Å²) in [7, 11) is 0. The van der Waals surface area contributed by atoms with Crippen molar-refractivity contribution in [2.75, 3.05) is 26.2 Å². The zero-order valence-corrected chi connectivity index (χ0v) is 10.0. The number of nitrogens with one attached hydrogen (secondary N) is 1. The molecule has 2 saturated heterocycles. The van der Waals surface area contributed by atoms with Crippen LogP contribution in [0.5, 0.6) is 0 Å². The lowest BCUT2D eigenvalue weighted by Gasteiger charge is -2.32. The van der Waals surface area contributed by atoms with Gasteiger partial charge < -0.3 is 15.3 Å². The van der Waals surface area contributed by atoms with E-state index in [9.17, 15) is 9.59 Å². The summed E-state index contributed by atoms with van der Waals surface area (Å²) in [6.45, 7) is 4.44. The molecule has 0 aromatic carbocycles. The summed E-state index contributed by atoms with van der Waals surface area (Å²) in [5.74, 6) is -1.18. The molecule has 0 aromatic rings. The summed E-state index contributed by atoms with van der Waals surface area (Å²) in [6, 6.07) is 0. The van der Waals surface area contributed by atoms with E-state index in [1.165, 1.54) is 0 Å². The molecule has 1 amide bonds. The molecule has 5 heteroatoms. The third-order valence-electron chi connectivity index (χ3n) is 3.59. The van der Waals surface area contributed by atoms with E-state index in [2.05, 4.69) is 5.32 Å². The number of nitrogens with zero attached hydrogens (tertiary/aromatic N) is 1. The first-order chi connectivity index (χ1) is 8.09. The first-order valence-corrected chi connectivity index (χ1v) is 6.01. The smallest absolute Gasteiger partial charge is 0.308 e. The number of hydrogen-bond donors (Lipinski definition) is 2. The molecule has 2 aliphatic heterocycles. The molecule has 17 heavy (non-hydrogen) atoms. The van der Waals surface area contributed by atoms with E-state index in [1.54, 1.807) is 4.90 Å².